The molecule has 1 aliphatic heterocycles. The summed E-state index contributed by atoms with van der Waals surface area (Å²) in [5, 5.41) is 75.7. The Morgan fingerprint density at radius 1 is 0.548 bits per heavy atom. The molecule has 11 heteroatoms. The van der Waals surface area contributed by atoms with Gasteiger partial charge in [-0.15, -0.1) is 0 Å². The number of carbonyl (C=O) groups is 1. The zero-order chi connectivity index (χ0) is 45.5. The fourth-order valence-electron chi connectivity index (χ4n) is 8.22. The quantitative estimate of drug-likeness (QED) is 0.0216. The molecule has 1 saturated heterocycles. The summed E-state index contributed by atoms with van der Waals surface area (Å²) in [6.45, 7) is 3.40. The summed E-state index contributed by atoms with van der Waals surface area (Å²) in [7, 11) is 0. The molecule has 9 unspecified atom stereocenters. The third-order valence-corrected chi connectivity index (χ3v) is 12.5. The lowest BCUT2D eigenvalue weighted by Gasteiger charge is -2.40. The highest BCUT2D eigenvalue weighted by Gasteiger charge is 2.44. The van der Waals surface area contributed by atoms with E-state index >= 15 is 0 Å². The molecule has 1 fully saturated rings. The van der Waals surface area contributed by atoms with Crippen molar-refractivity contribution < 1.29 is 50.0 Å². The van der Waals surface area contributed by atoms with Crippen molar-refractivity contribution in [1.82, 2.24) is 5.32 Å². The lowest BCUT2D eigenvalue weighted by Crippen LogP contribution is -2.60. The molecule has 0 aromatic rings. The number of aliphatic hydroxyl groups excluding tert-OH is 7. The van der Waals surface area contributed by atoms with Gasteiger partial charge >= 0.3 is 0 Å². The van der Waals surface area contributed by atoms with Crippen molar-refractivity contribution in [3.8, 4) is 0 Å². The van der Waals surface area contributed by atoms with Crippen LogP contribution in [-0.2, 0) is 14.3 Å². The Hall–Kier alpha value is -1.41. The Kier molecular flexibility index (Phi) is 38.8. The van der Waals surface area contributed by atoms with Gasteiger partial charge in [-0.25, -0.2) is 0 Å². The summed E-state index contributed by atoms with van der Waals surface area (Å²) in [5.74, 6) is -0.709. The largest absolute Gasteiger partial charge is 0.394 e. The Morgan fingerprint density at radius 3 is 1.44 bits per heavy atom. The molecule has 8 N–H and O–H groups in total. The maximum Gasteiger partial charge on any atom is 0.249 e. The van der Waals surface area contributed by atoms with E-state index in [0.717, 1.165) is 38.5 Å². The van der Waals surface area contributed by atoms with E-state index in [2.05, 4.69) is 43.5 Å². The topological polar surface area (TPSA) is 189 Å². The number of ether oxygens (including phenoxy) is 2. The van der Waals surface area contributed by atoms with Crippen molar-refractivity contribution in [3.05, 3.63) is 24.3 Å². The van der Waals surface area contributed by atoms with Crippen LogP contribution in [-0.4, -0.2) is 110 Å². The summed E-state index contributed by atoms with van der Waals surface area (Å²) >= 11 is 0. The second kappa shape index (κ2) is 41.1. The number of allylic oxidation sites excluding steroid dienone is 4. The molecule has 0 bridgehead atoms. The van der Waals surface area contributed by atoms with Gasteiger partial charge in [0, 0.05) is 0 Å². The minimum absolute atomic E-state index is 0.247. The van der Waals surface area contributed by atoms with E-state index in [1.54, 1.807) is 0 Å². The van der Waals surface area contributed by atoms with Gasteiger partial charge in [0.15, 0.2) is 6.29 Å². The fraction of sp³-hybridized carbons (Fsp3) is 0.902. The van der Waals surface area contributed by atoms with Crippen LogP contribution in [0.2, 0.25) is 0 Å². The molecule has 366 valence electrons. The van der Waals surface area contributed by atoms with Crippen LogP contribution in [0, 0.1) is 0 Å². The molecule has 62 heavy (non-hydrogen) atoms. The van der Waals surface area contributed by atoms with E-state index in [0.29, 0.717) is 19.3 Å². The van der Waals surface area contributed by atoms with Crippen molar-refractivity contribution in [2.45, 2.75) is 281 Å². The van der Waals surface area contributed by atoms with Crippen LogP contribution in [0.1, 0.15) is 226 Å². The SMILES string of the molecule is CCCCC/C=C/CC/C=C/CCCC(O)C(O)C(COC1OC(CO)C(O)C(O)C1O)NC(=O)C(O)CCCCCCCCCCCCCCCCCCCCCCCCC. The second-order valence-corrected chi connectivity index (χ2v) is 18.2. The maximum atomic E-state index is 13.1. The zero-order valence-electron chi connectivity index (χ0n) is 39.6. The van der Waals surface area contributed by atoms with E-state index in [4.69, 9.17) is 9.47 Å². The molecular formula is C51H97NO10. The van der Waals surface area contributed by atoms with Crippen LogP contribution in [0.25, 0.3) is 0 Å². The first-order valence-corrected chi connectivity index (χ1v) is 25.7. The zero-order valence-corrected chi connectivity index (χ0v) is 39.6. The van der Waals surface area contributed by atoms with Crippen molar-refractivity contribution in [2.24, 2.45) is 0 Å². The van der Waals surface area contributed by atoms with Gasteiger partial charge in [0.05, 0.1) is 25.4 Å². The summed E-state index contributed by atoms with van der Waals surface area (Å²) in [6, 6.07) is -1.19. The van der Waals surface area contributed by atoms with Gasteiger partial charge in [-0.05, 0) is 51.4 Å². The average Bonchev–Trinajstić information content (AvgIpc) is 3.27. The van der Waals surface area contributed by atoms with E-state index in [1.807, 2.05) is 0 Å². The van der Waals surface area contributed by atoms with Crippen LogP contribution in [0.5, 0.6) is 0 Å². The first kappa shape index (κ1) is 58.6. The number of hydrogen-bond acceptors (Lipinski definition) is 10. The van der Waals surface area contributed by atoms with E-state index in [9.17, 15) is 40.5 Å². The maximum absolute atomic E-state index is 13.1. The fourth-order valence-corrected chi connectivity index (χ4v) is 8.22. The molecule has 0 saturated carbocycles. The van der Waals surface area contributed by atoms with Gasteiger partial charge in [-0.1, -0.05) is 199 Å². The summed E-state index contributed by atoms with van der Waals surface area (Å²) in [4.78, 5) is 13.1. The number of rotatable bonds is 43. The monoisotopic (exact) mass is 884 g/mol. The van der Waals surface area contributed by atoms with Crippen LogP contribution >= 0.6 is 0 Å². The van der Waals surface area contributed by atoms with Crippen molar-refractivity contribution in [1.29, 1.82) is 0 Å². The first-order chi connectivity index (χ1) is 30.2. The van der Waals surface area contributed by atoms with Gasteiger partial charge in [0.2, 0.25) is 5.91 Å². The lowest BCUT2D eigenvalue weighted by molar-refractivity contribution is -0.303. The summed E-state index contributed by atoms with van der Waals surface area (Å²) in [5.41, 5.74) is 0. The van der Waals surface area contributed by atoms with Crippen molar-refractivity contribution in [2.75, 3.05) is 13.2 Å². The smallest absolute Gasteiger partial charge is 0.249 e. The van der Waals surface area contributed by atoms with Crippen LogP contribution in [0.15, 0.2) is 24.3 Å². The number of unbranched alkanes of at least 4 members (excludes halogenated alkanes) is 27. The standard InChI is InChI=1S/C51H97NO10/c1-3-5-7-9-11-13-15-17-18-19-20-21-22-23-24-25-26-27-29-31-33-35-37-39-44(55)50(60)52-42(41-61-51-49(59)48(58)47(57)45(40-53)62-51)46(56)43(54)38-36-34-32-30-28-16-14-12-10-8-6-4-2/h12,14,30,32,42-49,51,53-59H,3-11,13,15-29,31,33-41H2,1-2H3,(H,52,60)/b14-12+,32-30+. The van der Waals surface area contributed by atoms with Gasteiger partial charge < -0.3 is 50.5 Å². The van der Waals surface area contributed by atoms with E-state index in [-0.39, 0.29) is 12.8 Å². The predicted octanol–water partition coefficient (Wildman–Crippen LogP) is 9.40. The minimum Gasteiger partial charge on any atom is -0.394 e. The van der Waals surface area contributed by atoms with Crippen LogP contribution < -0.4 is 5.32 Å². The highest BCUT2D eigenvalue weighted by Crippen LogP contribution is 2.23. The number of carbonyl (C=O) groups excluding carboxylic acids is 1. The molecule has 0 aromatic heterocycles. The van der Waals surface area contributed by atoms with Gasteiger partial charge in [0.25, 0.3) is 0 Å². The normalized spacial score (nSPS) is 21.5. The summed E-state index contributed by atoms with van der Waals surface area (Å²) in [6.07, 6.45) is 35.3. The Morgan fingerprint density at radius 2 is 0.968 bits per heavy atom. The molecule has 0 spiro atoms. The van der Waals surface area contributed by atoms with E-state index in [1.165, 1.54) is 141 Å². The van der Waals surface area contributed by atoms with Crippen molar-refractivity contribution in [3.63, 3.8) is 0 Å². The number of hydrogen-bond donors (Lipinski definition) is 8. The third-order valence-electron chi connectivity index (χ3n) is 12.5. The second-order valence-electron chi connectivity index (χ2n) is 18.2. The van der Waals surface area contributed by atoms with Crippen LogP contribution in [0.3, 0.4) is 0 Å². The van der Waals surface area contributed by atoms with Gasteiger partial charge in [0.1, 0.15) is 36.6 Å². The van der Waals surface area contributed by atoms with Crippen molar-refractivity contribution >= 4 is 5.91 Å². The highest BCUT2D eigenvalue weighted by atomic mass is 16.7. The first-order valence-electron chi connectivity index (χ1n) is 25.7. The molecule has 0 radical (unpaired) electrons. The Labute approximate surface area is 378 Å². The molecule has 1 amide bonds. The molecular weight excluding hydrogens is 787 g/mol. The van der Waals surface area contributed by atoms with E-state index < -0.39 is 74.2 Å². The minimum atomic E-state index is -1.67. The highest BCUT2D eigenvalue weighted by molar-refractivity contribution is 5.80. The Balaban J connectivity index is 2.34. The third kappa shape index (κ3) is 29.9. The van der Waals surface area contributed by atoms with Gasteiger partial charge in [-0.3, -0.25) is 4.79 Å². The lowest BCUT2D eigenvalue weighted by atomic mass is 9.98. The summed E-state index contributed by atoms with van der Waals surface area (Å²) < 4.78 is 11.1. The molecule has 9 atom stereocenters. The number of amides is 1. The molecule has 0 aromatic carbocycles. The molecule has 0 aliphatic carbocycles. The molecule has 1 aliphatic rings. The Bertz CT molecular complexity index is 1060. The molecule has 1 heterocycles. The molecule has 11 nitrogen and oxygen atoms in total. The van der Waals surface area contributed by atoms with Gasteiger partial charge in [-0.2, -0.15) is 0 Å². The number of aliphatic hydroxyl groups is 7. The number of nitrogens with one attached hydrogen (secondary N) is 1. The van der Waals surface area contributed by atoms with Crippen LogP contribution in [0.4, 0.5) is 0 Å². The predicted molar refractivity (Wildman–Crippen MR) is 252 cm³/mol. The average molecular weight is 884 g/mol. The molecule has 1 rings (SSSR count).